The topological polar surface area (TPSA) is 44.7 Å². The maximum Gasteiger partial charge on any atom is 0.162 e. The lowest BCUT2D eigenvalue weighted by Gasteiger charge is -2.27. The van der Waals surface area contributed by atoms with Crippen molar-refractivity contribution in [1.29, 1.82) is 0 Å². The molecule has 0 radical (unpaired) electrons. The van der Waals surface area contributed by atoms with Crippen molar-refractivity contribution in [3.8, 4) is 11.5 Å². The lowest BCUT2D eigenvalue weighted by Crippen LogP contribution is -2.34. The zero-order chi connectivity index (χ0) is 13.7. The molecule has 2 rings (SSSR count). The summed E-state index contributed by atoms with van der Waals surface area (Å²) in [5.74, 6) is 1.58. The predicted molar refractivity (Wildman–Crippen MR) is 76.6 cm³/mol. The third-order valence-electron chi connectivity index (χ3n) is 3.77. The Morgan fingerprint density at radius 2 is 2.11 bits per heavy atom. The number of piperidine rings is 1. The average molecular weight is 264 g/mol. The van der Waals surface area contributed by atoms with Crippen LogP contribution in [0.2, 0.25) is 0 Å². The molecule has 19 heavy (non-hydrogen) atoms. The molecule has 1 heterocycles. The van der Waals surface area contributed by atoms with E-state index in [4.69, 9.17) is 4.74 Å². The molecule has 0 saturated carbocycles. The molecule has 106 valence electrons. The molecule has 1 aromatic carbocycles. The van der Waals surface area contributed by atoms with Crippen molar-refractivity contribution >= 4 is 0 Å². The molecule has 0 aliphatic carbocycles. The van der Waals surface area contributed by atoms with Crippen molar-refractivity contribution in [3.05, 3.63) is 23.8 Å². The summed E-state index contributed by atoms with van der Waals surface area (Å²) in [7, 11) is 3.69. The Morgan fingerprint density at radius 3 is 2.79 bits per heavy atom. The van der Waals surface area contributed by atoms with Gasteiger partial charge in [-0.05, 0) is 45.0 Å². The Hall–Kier alpha value is -1.26. The lowest BCUT2D eigenvalue weighted by atomic mass is 9.97. The summed E-state index contributed by atoms with van der Waals surface area (Å²) in [6.45, 7) is 4.09. The second kappa shape index (κ2) is 6.78. The number of phenolic OH excluding ortho intramolecular Hbond substituents is 1. The van der Waals surface area contributed by atoms with E-state index in [2.05, 4.69) is 17.3 Å². The maximum absolute atomic E-state index is 10.1. The van der Waals surface area contributed by atoms with Crippen molar-refractivity contribution in [2.24, 2.45) is 5.92 Å². The molecule has 4 nitrogen and oxygen atoms in total. The molecule has 4 heteroatoms. The number of nitrogens with one attached hydrogen (secondary N) is 1. The first kappa shape index (κ1) is 14.2. The van der Waals surface area contributed by atoms with Crippen LogP contribution in [-0.2, 0) is 6.54 Å². The SMILES string of the molecule is COc1cccc(CN(C)CC2CCNCC2)c1O. The van der Waals surface area contributed by atoms with Crippen LogP contribution in [0.3, 0.4) is 0 Å². The smallest absolute Gasteiger partial charge is 0.162 e. The molecule has 2 N–H and O–H groups in total. The summed E-state index contributed by atoms with van der Waals surface area (Å²) in [4.78, 5) is 2.28. The van der Waals surface area contributed by atoms with Gasteiger partial charge >= 0.3 is 0 Å². The quantitative estimate of drug-likeness (QED) is 0.851. The van der Waals surface area contributed by atoms with E-state index in [1.54, 1.807) is 13.2 Å². The first-order valence-corrected chi connectivity index (χ1v) is 6.95. The van der Waals surface area contributed by atoms with Crippen LogP contribution in [0.1, 0.15) is 18.4 Å². The van der Waals surface area contributed by atoms with Crippen LogP contribution in [0.25, 0.3) is 0 Å². The van der Waals surface area contributed by atoms with E-state index < -0.39 is 0 Å². The minimum absolute atomic E-state index is 0.266. The molecule has 1 aliphatic rings. The van der Waals surface area contributed by atoms with Gasteiger partial charge in [-0.25, -0.2) is 0 Å². The van der Waals surface area contributed by atoms with Gasteiger partial charge in [-0.1, -0.05) is 12.1 Å². The van der Waals surface area contributed by atoms with Crippen molar-refractivity contribution < 1.29 is 9.84 Å². The van der Waals surface area contributed by atoms with Gasteiger partial charge in [0.15, 0.2) is 11.5 Å². The van der Waals surface area contributed by atoms with Gasteiger partial charge in [0.25, 0.3) is 0 Å². The maximum atomic E-state index is 10.1. The van der Waals surface area contributed by atoms with E-state index in [9.17, 15) is 5.11 Å². The monoisotopic (exact) mass is 264 g/mol. The highest BCUT2D eigenvalue weighted by Crippen LogP contribution is 2.30. The average Bonchev–Trinajstić information content (AvgIpc) is 2.42. The van der Waals surface area contributed by atoms with Gasteiger partial charge in [0.05, 0.1) is 7.11 Å². The Balaban J connectivity index is 1.92. The van der Waals surface area contributed by atoms with Crippen LogP contribution in [0, 0.1) is 5.92 Å². The summed E-state index contributed by atoms with van der Waals surface area (Å²) in [6, 6.07) is 5.66. The van der Waals surface area contributed by atoms with E-state index in [0.29, 0.717) is 5.75 Å². The summed E-state index contributed by atoms with van der Waals surface area (Å²) in [5.41, 5.74) is 0.927. The van der Waals surface area contributed by atoms with Gasteiger partial charge in [-0.3, -0.25) is 0 Å². The molecular formula is C15H24N2O2. The first-order valence-electron chi connectivity index (χ1n) is 6.95. The fraction of sp³-hybridized carbons (Fsp3) is 0.600. The van der Waals surface area contributed by atoms with Gasteiger partial charge in [0, 0.05) is 18.7 Å². The van der Waals surface area contributed by atoms with Gasteiger partial charge in [-0.2, -0.15) is 0 Å². The largest absolute Gasteiger partial charge is 0.504 e. The van der Waals surface area contributed by atoms with Crippen molar-refractivity contribution in [2.75, 3.05) is 33.8 Å². The second-order valence-corrected chi connectivity index (χ2v) is 5.36. The number of ether oxygens (including phenoxy) is 1. The van der Waals surface area contributed by atoms with E-state index in [1.165, 1.54) is 12.8 Å². The number of hydrogen-bond donors (Lipinski definition) is 2. The van der Waals surface area contributed by atoms with Crippen molar-refractivity contribution in [2.45, 2.75) is 19.4 Å². The minimum Gasteiger partial charge on any atom is -0.504 e. The van der Waals surface area contributed by atoms with E-state index >= 15 is 0 Å². The van der Waals surface area contributed by atoms with Crippen LogP contribution in [0.5, 0.6) is 11.5 Å². The highest BCUT2D eigenvalue weighted by atomic mass is 16.5. The molecule has 1 aliphatic heterocycles. The molecule has 1 saturated heterocycles. The van der Waals surface area contributed by atoms with Gasteiger partial charge in [0.1, 0.15) is 0 Å². The number of para-hydroxylation sites is 1. The van der Waals surface area contributed by atoms with Crippen LogP contribution in [0.4, 0.5) is 0 Å². The van der Waals surface area contributed by atoms with Gasteiger partial charge in [0.2, 0.25) is 0 Å². The summed E-state index contributed by atoms with van der Waals surface area (Å²) in [6.07, 6.45) is 2.49. The third-order valence-corrected chi connectivity index (χ3v) is 3.77. The number of benzene rings is 1. The molecule has 0 spiro atoms. The van der Waals surface area contributed by atoms with Crippen LogP contribution in [-0.4, -0.2) is 43.8 Å². The number of aromatic hydroxyl groups is 1. The highest BCUT2D eigenvalue weighted by Gasteiger charge is 2.16. The fourth-order valence-corrected chi connectivity index (χ4v) is 2.72. The standard InChI is InChI=1S/C15H24N2O2/c1-17(10-12-6-8-16-9-7-12)11-13-4-3-5-14(19-2)15(13)18/h3-5,12,16,18H,6-11H2,1-2H3. The van der Waals surface area contributed by atoms with E-state index in [0.717, 1.165) is 37.7 Å². The van der Waals surface area contributed by atoms with Crippen molar-refractivity contribution in [1.82, 2.24) is 10.2 Å². The van der Waals surface area contributed by atoms with Crippen molar-refractivity contribution in [3.63, 3.8) is 0 Å². The molecule has 0 aromatic heterocycles. The molecule has 0 amide bonds. The summed E-state index contributed by atoms with van der Waals surface area (Å²) in [5, 5.41) is 13.5. The molecule has 0 atom stereocenters. The lowest BCUT2D eigenvalue weighted by molar-refractivity contribution is 0.232. The van der Waals surface area contributed by atoms with Crippen LogP contribution in [0.15, 0.2) is 18.2 Å². The Labute approximate surface area is 115 Å². The Morgan fingerprint density at radius 1 is 1.37 bits per heavy atom. The van der Waals surface area contributed by atoms with Gasteiger partial charge in [-0.15, -0.1) is 0 Å². The molecular weight excluding hydrogens is 240 g/mol. The number of nitrogens with zero attached hydrogens (tertiary/aromatic N) is 1. The number of rotatable bonds is 5. The van der Waals surface area contributed by atoms with E-state index in [1.807, 2.05) is 12.1 Å². The van der Waals surface area contributed by atoms with Crippen LogP contribution < -0.4 is 10.1 Å². The number of phenols is 1. The van der Waals surface area contributed by atoms with E-state index in [-0.39, 0.29) is 5.75 Å². The van der Waals surface area contributed by atoms with Crippen LogP contribution >= 0.6 is 0 Å². The second-order valence-electron chi connectivity index (χ2n) is 5.36. The zero-order valence-corrected chi connectivity index (χ0v) is 11.9. The highest BCUT2D eigenvalue weighted by molar-refractivity contribution is 5.45. The number of methoxy groups -OCH3 is 1. The summed E-state index contributed by atoms with van der Waals surface area (Å²) < 4.78 is 5.14. The first-order chi connectivity index (χ1) is 9.20. The Kier molecular flexibility index (Phi) is 5.05. The molecule has 0 bridgehead atoms. The molecule has 0 unspecified atom stereocenters. The third kappa shape index (κ3) is 3.85. The Bertz CT molecular complexity index is 403. The molecule has 1 aromatic rings. The summed E-state index contributed by atoms with van der Waals surface area (Å²) >= 11 is 0. The minimum atomic E-state index is 0.266. The number of hydrogen-bond acceptors (Lipinski definition) is 4. The predicted octanol–water partition coefficient (Wildman–Crippen LogP) is 1.83. The fourth-order valence-electron chi connectivity index (χ4n) is 2.72. The van der Waals surface area contributed by atoms with Gasteiger partial charge < -0.3 is 20.1 Å². The zero-order valence-electron chi connectivity index (χ0n) is 11.9. The normalized spacial score (nSPS) is 16.8. The molecule has 1 fully saturated rings.